The molecule has 2 aromatic heterocycles. The Kier molecular flexibility index (Phi) is 5.28. The summed E-state index contributed by atoms with van der Waals surface area (Å²) in [6, 6.07) is 11.7. The number of furan rings is 1. The number of aromatic nitrogens is 2. The molecule has 0 fully saturated rings. The van der Waals surface area contributed by atoms with Crippen LogP contribution in [0.4, 0.5) is 0 Å². The van der Waals surface area contributed by atoms with Gasteiger partial charge in [0.2, 0.25) is 0 Å². The molecule has 6 heteroatoms. The van der Waals surface area contributed by atoms with Crippen LogP contribution in [-0.2, 0) is 19.3 Å². The molecule has 1 aromatic carbocycles. The van der Waals surface area contributed by atoms with Crippen molar-refractivity contribution in [3.05, 3.63) is 71.4 Å². The molecule has 2 heterocycles. The number of rotatable bonds is 6. The van der Waals surface area contributed by atoms with Gasteiger partial charge in [0, 0.05) is 33.0 Å². The lowest BCUT2D eigenvalue weighted by Gasteiger charge is -2.17. The van der Waals surface area contributed by atoms with Crippen molar-refractivity contribution in [2.24, 2.45) is 7.05 Å². The van der Waals surface area contributed by atoms with Gasteiger partial charge >= 0.3 is 0 Å². The minimum atomic E-state index is -0.114. The molecule has 1 amide bonds. The van der Waals surface area contributed by atoms with Crippen LogP contribution in [0.2, 0.25) is 0 Å². The van der Waals surface area contributed by atoms with Crippen LogP contribution in [0.1, 0.15) is 27.4 Å². The summed E-state index contributed by atoms with van der Waals surface area (Å²) in [6.07, 6.45) is 3.67. The monoisotopic (exact) mass is 355 g/mol. The fourth-order valence-electron chi connectivity index (χ4n) is 2.50. The van der Waals surface area contributed by atoms with Crippen LogP contribution < -0.4 is 0 Å². The highest BCUT2D eigenvalue weighted by Gasteiger charge is 2.17. The van der Waals surface area contributed by atoms with Crippen molar-refractivity contribution in [1.29, 1.82) is 0 Å². The van der Waals surface area contributed by atoms with Gasteiger partial charge in [-0.15, -0.1) is 0 Å². The summed E-state index contributed by atoms with van der Waals surface area (Å²) in [5.74, 6) is 1.66. The molecular weight excluding hydrogens is 334 g/mol. The van der Waals surface area contributed by atoms with Gasteiger partial charge in [0.25, 0.3) is 5.91 Å². The molecule has 0 spiro atoms. The average molecular weight is 355 g/mol. The maximum Gasteiger partial charge on any atom is 0.289 e. The molecule has 0 saturated heterocycles. The molecule has 0 aliphatic heterocycles. The van der Waals surface area contributed by atoms with Crippen molar-refractivity contribution in [2.75, 3.05) is 7.05 Å². The van der Waals surface area contributed by atoms with Gasteiger partial charge < -0.3 is 13.9 Å². The first-order chi connectivity index (χ1) is 12.0. The first-order valence-corrected chi connectivity index (χ1v) is 9.02. The number of aryl methyl sites for hydroxylation is 2. The van der Waals surface area contributed by atoms with Crippen molar-refractivity contribution in [1.82, 2.24) is 14.5 Å². The van der Waals surface area contributed by atoms with Crippen LogP contribution >= 0.6 is 11.8 Å². The summed E-state index contributed by atoms with van der Waals surface area (Å²) in [6.45, 7) is 2.61. The second kappa shape index (κ2) is 7.61. The predicted molar refractivity (Wildman–Crippen MR) is 98.5 cm³/mol. The number of carbonyl (C=O) groups is 1. The molecule has 3 rings (SSSR count). The van der Waals surface area contributed by atoms with E-state index in [9.17, 15) is 4.79 Å². The van der Waals surface area contributed by atoms with E-state index in [4.69, 9.17) is 4.42 Å². The second-order valence-electron chi connectivity index (χ2n) is 5.96. The summed E-state index contributed by atoms with van der Waals surface area (Å²) in [4.78, 5) is 18.5. The molecule has 0 aliphatic rings. The number of imidazole rings is 1. The molecule has 25 heavy (non-hydrogen) atoms. The SMILES string of the molecule is Cc1ccccc1CN(C)C(=O)c1ccc(CSc2nccn2C)o1. The zero-order valence-corrected chi connectivity index (χ0v) is 15.4. The Labute approximate surface area is 151 Å². The highest BCUT2D eigenvalue weighted by Crippen LogP contribution is 2.22. The topological polar surface area (TPSA) is 51.3 Å². The molecule has 130 valence electrons. The number of benzene rings is 1. The van der Waals surface area contributed by atoms with Gasteiger partial charge in [0.05, 0.1) is 5.75 Å². The molecule has 0 bridgehead atoms. The highest BCUT2D eigenvalue weighted by atomic mass is 32.2. The summed E-state index contributed by atoms with van der Waals surface area (Å²) >= 11 is 1.58. The number of hydrogen-bond donors (Lipinski definition) is 0. The quantitative estimate of drug-likeness (QED) is 0.630. The van der Waals surface area contributed by atoms with Crippen molar-refractivity contribution < 1.29 is 9.21 Å². The van der Waals surface area contributed by atoms with E-state index in [2.05, 4.69) is 4.98 Å². The van der Waals surface area contributed by atoms with Crippen molar-refractivity contribution in [2.45, 2.75) is 24.4 Å². The molecule has 0 atom stereocenters. The summed E-state index contributed by atoms with van der Waals surface area (Å²) in [5, 5.41) is 0.918. The Morgan fingerprint density at radius 3 is 2.80 bits per heavy atom. The Balaban J connectivity index is 1.62. The third-order valence-corrected chi connectivity index (χ3v) is 5.09. The van der Waals surface area contributed by atoms with E-state index in [1.807, 2.05) is 55.1 Å². The minimum absolute atomic E-state index is 0.114. The predicted octanol–water partition coefficient (Wildman–Crippen LogP) is 3.89. The zero-order chi connectivity index (χ0) is 17.8. The van der Waals surface area contributed by atoms with E-state index in [1.165, 1.54) is 5.56 Å². The van der Waals surface area contributed by atoms with E-state index in [0.717, 1.165) is 16.5 Å². The minimum Gasteiger partial charge on any atom is -0.455 e. The number of carbonyl (C=O) groups excluding carboxylic acids is 1. The van der Waals surface area contributed by atoms with Gasteiger partial charge in [-0.05, 0) is 30.2 Å². The Morgan fingerprint density at radius 1 is 1.28 bits per heavy atom. The zero-order valence-electron chi connectivity index (χ0n) is 14.6. The number of amides is 1. The maximum atomic E-state index is 12.6. The first-order valence-electron chi connectivity index (χ1n) is 8.03. The van der Waals surface area contributed by atoms with Gasteiger partial charge in [-0.2, -0.15) is 0 Å². The van der Waals surface area contributed by atoms with E-state index >= 15 is 0 Å². The van der Waals surface area contributed by atoms with E-state index in [0.29, 0.717) is 18.1 Å². The van der Waals surface area contributed by atoms with Gasteiger partial charge in [-0.3, -0.25) is 4.79 Å². The van der Waals surface area contributed by atoms with Crippen molar-refractivity contribution in [3.63, 3.8) is 0 Å². The normalized spacial score (nSPS) is 10.8. The number of hydrogen-bond acceptors (Lipinski definition) is 4. The number of nitrogens with zero attached hydrogens (tertiary/aromatic N) is 3. The highest BCUT2D eigenvalue weighted by molar-refractivity contribution is 7.98. The first kappa shape index (κ1) is 17.4. The second-order valence-corrected chi connectivity index (χ2v) is 6.91. The van der Waals surface area contributed by atoms with Crippen LogP contribution in [0.25, 0.3) is 0 Å². The lowest BCUT2D eigenvalue weighted by molar-refractivity contribution is 0.0752. The van der Waals surface area contributed by atoms with Crippen molar-refractivity contribution in [3.8, 4) is 0 Å². The van der Waals surface area contributed by atoms with Crippen LogP contribution in [0.5, 0.6) is 0 Å². The summed E-state index contributed by atoms with van der Waals surface area (Å²) in [5.41, 5.74) is 2.31. The van der Waals surface area contributed by atoms with Gasteiger partial charge in [-0.1, -0.05) is 36.0 Å². The third-order valence-electron chi connectivity index (χ3n) is 4.01. The lowest BCUT2D eigenvalue weighted by Crippen LogP contribution is -2.26. The smallest absolute Gasteiger partial charge is 0.289 e. The molecule has 3 aromatic rings. The largest absolute Gasteiger partial charge is 0.455 e. The van der Waals surface area contributed by atoms with Gasteiger partial charge in [0.1, 0.15) is 5.76 Å². The van der Waals surface area contributed by atoms with Crippen LogP contribution in [-0.4, -0.2) is 27.4 Å². The molecule has 0 radical (unpaired) electrons. The third kappa shape index (κ3) is 4.14. The maximum absolute atomic E-state index is 12.6. The Morgan fingerprint density at radius 2 is 2.08 bits per heavy atom. The van der Waals surface area contributed by atoms with Crippen LogP contribution in [0.3, 0.4) is 0 Å². The van der Waals surface area contributed by atoms with E-state index < -0.39 is 0 Å². The molecule has 0 aliphatic carbocycles. The molecule has 5 nitrogen and oxygen atoms in total. The Bertz CT molecular complexity index is 869. The standard InChI is InChI=1S/C19H21N3O2S/c1-14-6-4-5-7-15(14)12-22(3)18(23)17-9-8-16(24-17)13-25-19-20-10-11-21(19)2/h4-11H,12-13H2,1-3H3. The van der Waals surface area contributed by atoms with E-state index in [-0.39, 0.29) is 5.91 Å². The molecule has 0 N–H and O–H groups in total. The fraction of sp³-hybridized carbons (Fsp3) is 0.263. The van der Waals surface area contributed by atoms with Gasteiger partial charge in [-0.25, -0.2) is 4.98 Å². The number of thioether (sulfide) groups is 1. The summed E-state index contributed by atoms with van der Waals surface area (Å²) < 4.78 is 7.68. The summed E-state index contributed by atoms with van der Waals surface area (Å²) in [7, 11) is 3.74. The average Bonchev–Trinajstić information content (AvgIpc) is 3.23. The lowest BCUT2D eigenvalue weighted by atomic mass is 10.1. The molecule has 0 saturated carbocycles. The fourth-order valence-corrected chi connectivity index (χ4v) is 3.33. The Hall–Kier alpha value is -2.47. The van der Waals surface area contributed by atoms with Crippen molar-refractivity contribution >= 4 is 17.7 Å². The van der Waals surface area contributed by atoms with Crippen LogP contribution in [0, 0.1) is 6.92 Å². The van der Waals surface area contributed by atoms with E-state index in [1.54, 1.807) is 36.0 Å². The van der Waals surface area contributed by atoms with Gasteiger partial charge in [0.15, 0.2) is 10.9 Å². The molecular formula is C19H21N3O2S. The van der Waals surface area contributed by atoms with Crippen LogP contribution in [0.15, 0.2) is 58.4 Å². The molecule has 0 unspecified atom stereocenters.